The zero-order chi connectivity index (χ0) is 44.1. The molecule has 5 nitrogen and oxygen atoms in total. The maximum absolute atomic E-state index is 12.1. The van der Waals surface area contributed by atoms with E-state index >= 15 is 0 Å². The number of rotatable bonds is 19. The average molecular weight is 862 g/mol. The van der Waals surface area contributed by atoms with Crippen LogP contribution < -0.4 is 4.90 Å². The number of esters is 1. The van der Waals surface area contributed by atoms with Gasteiger partial charge < -0.3 is 9.64 Å². The van der Waals surface area contributed by atoms with Gasteiger partial charge in [0.15, 0.2) is 0 Å². The second kappa shape index (κ2) is 21.9. The van der Waals surface area contributed by atoms with Crippen molar-refractivity contribution in [2.75, 3.05) is 12.0 Å². The van der Waals surface area contributed by atoms with Crippen LogP contribution in [0.5, 0.6) is 0 Å². The van der Waals surface area contributed by atoms with Crippen molar-refractivity contribution in [2.45, 2.75) is 104 Å². The Balaban J connectivity index is 1.18. The Labute approximate surface area is 383 Å². The summed E-state index contributed by atoms with van der Waals surface area (Å²) in [4.78, 5) is 14.6. The Morgan fingerprint density at radius 2 is 1.05 bits per heavy atom. The first kappa shape index (κ1) is 44.3. The molecular weight excluding hydrogens is 803 g/mol. The zero-order valence-corrected chi connectivity index (χ0v) is 38.5. The normalized spacial score (nSPS) is 11.2. The second-order valence-electron chi connectivity index (χ2n) is 17.0. The van der Waals surface area contributed by atoms with E-state index in [-0.39, 0.29) is 5.97 Å². The summed E-state index contributed by atoms with van der Waals surface area (Å²) >= 11 is 1.18. The number of nitrogens with zero attached hydrogens (tertiary/aromatic N) is 3. The molecule has 324 valence electrons. The molecule has 8 rings (SSSR count). The molecule has 0 bridgehead atoms. The largest absolute Gasteiger partial charge is 0.465 e. The molecule has 1 aromatic heterocycles. The summed E-state index contributed by atoms with van der Waals surface area (Å²) in [6.07, 6.45) is 17.8. The Hall–Kier alpha value is -6.29. The quantitative estimate of drug-likeness (QED) is 0.0351. The number of aromatic nitrogens is 2. The van der Waals surface area contributed by atoms with Crippen LogP contribution in [-0.4, -0.2) is 21.8 Å². The average Bonchev–Trinajstić information content (AvgIpc) is 3.85. The predicted molar refractivity (Wildman–Crippen MR) is 270 cm³/mol. The Morgan fingerprint density at radius 1 is 0.547 bits per heavy atom. The predicted octanol–water partition coefficient (Wildman–Crippen LogP) is 16.1. The summed E-state index contributed by atoms with van der Waals surface area (Å²) in [6.45, 7) is 4.56. The van der Waals surface area contributed by atoms with Crippen LogP contribution >= 0.6 is 11.7 Å². The van der Waals surface area contributed by atoms with Crippen molar-refractivity contribution < 1.29 is 9.53 Å². The van der Waals surface area contributed by atoms with Crippen molar-refractivity contribution in [1.29, 1.82) is 0 Å². The molecule has 0 radical (unpaired) electrons. The number of methoxy groups -OCH3 is 1. The third-order valence-corrected chi connectivity index (χ3v) is 13.0. The lowest BCUT2D eigenvalue weighted by Crippen LogP contribution is -2.12. The monoisotopic (exact) mass is 861 g/mol. The summed E-state index contributed by atoms with van der Waals surface area (Å²) < 4.78 is 14.3. The van der Waals surface area contributed by atoms with E-state index in [0.29, 0.717) is 5.56 Å². The number of anilines is 3. The van der Waals surface area contributed by atoms with Crippen LogP contribution in [0.15, 0.2) is 133 Å². The molecule has 0 amide bonds. The van der Waals surface area contributed by atoms with Crippen LogP contribution in [0.25, 0.3) is 43.7 Å². The molecule has 0 saturated heterocycles. The first-order valence-electron chi connectivity index (χ1n) is 23.5. The first-order valence-corrected chi connectivity index (χ1v) is 24.2. The maximum Gasteiger partial charge on any atom is 0.337 e. The van der Waals surface area contributed by atoms with Gasteiger partial charge in [-0.25, -0.2) is 4.79 Å². The van der Waals surface area contributed by atoms with Crippen LogP contribution in [0.3, 0.4) is 0 Å². The van der Waals surface area contributed by atoms with E-state index in [9.17, 15) is 4.79 Å². The highest BCUT2D eigenvalue weighted by Gasteiger charge is 2.21. The van der Waals surface area contributed by atoms with Crippen LogP contribution in [-0.2, 0) is 17.6 Å². The van der Waals surface area contributed by atoms with E-state index in [2.05, 4.69) is 134 Å². The van der Waals surface area contributed by atoms with E-state index in [1.807, 2.05) is 18.2 Å². The number of fused-ring (bicyclic) bond motifs is 3. The van der Waals surface area contributed by atoms with Crippen molar-refractivity contribution in [3.63, 3.8) is 0 Å². The Kier molecular flexibility index (Phi) is 15.1. The van der Waals surface area contributed by atoms with Gasteiger partial charge in [0.2, 0.25) is 0 Å². The minimum Gasteiger partial charge on any atom is -0.465 e. The molecule has 0 fully saturated rings. The van der Waals surface area contributed by atoms with E-state index in [0.717, 1.165) is 84.7 Å². The molecule has 0 atom stereocenters. The van der Waals surface area contributed by atoms with Crippen LogP contribution in [0.1, 0.15) is 124 Å². The fraction of sp³-hybridized carbons (Fsp3) is 0.293. The number of hydrogen-bond donors (Lipinski definition) is 0. The fourth-order valence-corrected chi connectivity index (χ4v) is 9.54. The molecule has 0 aliphatic rings. The van der Waals surface area contributed by atoms with Crippen molar-refractivity contribution in [3.05, 3.63) is 161 Å². The third-order valence-electron chi connectivity index (χ3n) is 12.5. The van der Waals surface area contributed by atoms with Crippen LogP contribution in [0.2, 0.25) is 0 Å². The lowest BCUT2D eigenvalue weighted by molar-refractivity contribution is 0.0600. The number of benzene rings is 7. The highest BCUT2D eigenvalue weighted by atomic mass is 32.1. The summed E-state index contributed by atoms with van der Waals surface area (Å²) in [6, 6.07) is 47.5. The standard InChI is InChI=1S/C58H59N3O2S/c1-4-6-8-10-12-14-20-42-26-36-47(37-27-42)61(48-38-28-43(29-39-48)21-15-13-11-9-7-5-2)57-53-24-18-16-22-50(53)52(51-23-17-19-25-54(51)57)41-35-45-34-40-49(56-55(45)59-64-60-56)44-30-32-46(33-31-44)58(62)63-3/h16-19,22-34,36-40H,4-15,20-21H2,1-3H3. The van der Waals surface area contributed by atoms with Gasteiger partial charge >= 0.3 is 5.97 Å². The van der Waals surface area contributed by atoms with Gasteiger partial charge in [-0.3, -0.25) is 0 Å². The van der Waals surface area contributed by atoms with Gasteiger partial charge in [-0.15, -0.1) is 0 Å². The van der Waals surface area contributed by atoms with Gasteiger partial charge in [0.25, 0.3) is 0 Å². The molecule has 0 saturated carbocycles. The second-order valence-corrected chi connectivity index (χ2v) is 17.5. The highest BCUT2D eigenvalue weighted by molar-refractivity contribution is 7.00. The first-order chi connectivity index (χ1) is 31.6. The number of ether oxygens (including phenoxy) is 1. The van der Waals surface area contributed by atoms with E-state index in [1.54, 1.807) is 12.1 Å². The summed E-state index contributed by atoms with van der Waals surface area (Å²) in [5, 5.41) is 4.49. The van der Waals surface area contributed by atoms with Gasteiger partial charge in [-0.2, -0.15) is 8.75 Å². The summed E-state index contributed by atoms with van der Waals surface area (Å²) in [5.41, 5.74) is 12.0. The smallest absolute Gasteiger partial charge is 0.337 e. The molecule has 7 aromatic carbocycles. The lowest BCUT2D eigenvalue weighted by atomic mass is 9.93. The van der Waals surface area contributed by atoms with E-state index in [4.69, 9.17) is 13.5 Å². The molecule has 64 heavy (non-hydrogen) atoms. The summed E-state index contributed by atoms with van der Waals surface area (Å²) in [5.74, 6) is 6.85. The molecule has 0 unspecified atom stereocenters. The topological polar surface area (TPSA) is 55.3 Å². The third kappa shape index (κ3) is 10.2. The van der Waals surface area contributed by atoms with Crippen molar-refractivity contribution in [3.8, 4) is 23.0 Å². The van der Waals surface area contributed by atoms with Gasteiger partial charge in [-0.05, 0) is 84.8 Å². The highest BCUT2D eigenvalue weighted by Crippen LogP contribution is 2.45. The molecule has 8 aromatic rings. The number of carbonyl (C=O) groups excluding carboxylic acids is 1. The minimum absolute atomic E-state index is 0.362. The van der Waals surface area contributed by atoms with Crippen molar-refractivity contribution >= 4 is 67.3 Å². The van der Waals surface area contributed by atoms with E-state index < -0.39 is 0 Å². The van der Waals surface area contributed by atoms with Gasteiger partial charge in [0, 0.05) is 44.0 Å². The number of aryl methyl sites for hydroxylation is 2. The molecule has 0 aliphatic heterocycles. The molecule has 0 aliphatic carbocycles. The fourth-order valence-electron chi connectivity index (χ4n) is 8.96. The molecular formula is C58H59N3O2S. The minimum atomic E-state index is -0.362. The van der Waals surface area contributed by atoms with Gasteiger partial charge in [0.05, 0.1) is 35.7 Å². The molecule has 0 spiro atoms. The Morgan fingerprint density at radius 3 is 1.58 bits per heavy atom. The van der Waals surface area contributed by atoms with Crippen molar-refractivity contribution in [2.24, 2.45) is 0 Å². The number of unbranched alkanes of at least 4 members (excludes halogenated alkanes) is 10. The Bertz CT molecular complexity index is 2750. The lowest BCUT2D eigenvalue weighted by Gasteiger charge is -2.29. The maximum atomic E-state index is 12.1. The van der Waals surface area contributed by atoms with E-state index in [1.165, 1.54) is 107 Å². The van der Waals surface area contributed by atoms with Gasteiger partial charge in [-0.1, -0.05) is 181 Å². The zero-order valence-electron chi connectivity index (χ0n) is 37.7. The van der Waals surface area contributed by atoms with Crippen LogP contribution in [0, 0.1) is 11.8 Å². The number of carbonyl (C=O) groups is 1. The molecule has 1 heterocycles. The summed E-state index contributed by atoms with van der Waals surface area (Å²) in [7, 11) is 1.39. The molecule has 6 heteroatoms. The van der Waals surface area contributed by atoms with Gasteiger partial charge in [0.1, 0.15) is 11.0 Å². The molecule has 0 N–H and O–H groups in total. The van der Waals surface area contributed by atoms with Crippen molar-refractivity contribution in [1.82, 2.24) is 8.75 Å². The van der Waals surface area contributed by atoms with Crippen LogP contribution in [0.4, 0.5) is 17.1 Å². The SMILES string of the molecule is CCCCCCCCc1ccc(N(c2ccc(CCCCCCCC)cc2)c2c3ccccc3c(C#Cc3ccc(-c4ccc(C(=O)OC)cc4)c4nsnc34)c3ccccc23)cc1. The number of hydrogen-bond acceptors (Lipinski definition) is 6.